The van der Waals surface area contributed by atoms with E-state index in [1.807, 2.05) is 0 Å². The molecule has 8 heteroatoms. The van der Waals surface area contributed by atoms with Crippen LogP contribution in [-0.2, 0) is 0 Å². The van der Waals surface area contributed by atoms with Gasteiger partial charge in [-0.1, -0.05) is 15.9 Å². The Morgan fingerprint density at radius 2 is 2.40 bits per heavy atom. The van der Waals surface area contributed by atoms with Gasteiger partial charge >= 0.3 is 0 Å². The topological polar surface area (TPSA) is 61.9 Å². The number of nitrogens with zero attached hydrogens (tertiary/aromatic N) is 3. The molecule has 0 aromatic carbocycles. The van der Waals surface area contributed by atoms with Gasteiger partial charge in [0.15, 0.2) is 5.69 Å². The number of H-pyrrole nitrogens is 1. The maximum atomic E-state index is 12.2. The summed E-state index contributed by atoms with van der Waals surface area (Å²) in [5, 5.41) is 9.67. The van der Waals surface area contributed by atoms with Gasteiger partial charge < -0.3 is 4.90 Å². The summed E-state index contributed by atoms with van der Waals surface area (Å²) >= 11 is 3.09. The number of rotatable bonds is 5. The number of aromatic amines is 1. The van der Waals surface area contributed by atoms with E-state index in [4.69, 9.17) is 0 Å². The summed E-state index contributed by atoms with van der Waals surface area (Å²) in [6.45, 7) is -0.396. The second kappa shape index (κ2) is 5.74. The zero-order valence-corrected chi connectivity index (χ0v) is 9.25. The van der Waals surface area contributed by atoms with Gasteiger partial charge in [-0.2, -0.15) is 15.4 Å². The monoisotopic (exact) mass is 282 g/mol. The maximum Gasteiger partial charge on any atom is 0.276 e. The van der Waals surface area contributed by atoms with Gasteiger partial charge in [-0.25, -0.2) is 8.78 Å². The molecule has 0 aliphatic carbocycles. The van der Waals surface area contributed by atoms with E-state index in [1.165, 1.54) is 6.20 Å². The van der Waals surface area contributed by atoms with Gasteiger partial charge in [-0.3, -0.25) is 4.79 Å². The Labute approximate surface area is 93.0 Å². The van der Waals surface area contributed by atoms with Crippen molar-refractivity contribution >= 4 is 21.8 Å². The lowest BCUT2D eigenvalue weighted by atomic mass is 10.4. The van der Waals surface area contributed by atoms with Crippen LogP contribution in [0.5, 0.6) is 0 Å². The Kier molecular flexibility index (Phi) is 4.60. The number of carbonyl (C=O) groups excluding carboxylic acids is 1. The molecule has 1 heterocycles. The maximum absolute atomic E-state index is 12.2. The highest BCUT2D eigenvalue weighted by molar-refractivity contribution is 9.09. The average molecular weight is 283 g/mol. The smallest absolute Gasteiger partial charge is 0.276 e. The summed E-state index contributed by atoms with van der Waals surface area (Å²) in [5.74, 6) is -0.552. The summed E-state index contributed by atoms with van der Waals surface area (Å²) in [5.41, 5.74) is 0.0385. The molecule has 0 unspecified atom stereocenters. The lowest BCUT2D eigenvalue weighted by Crippen LogP contribution is -2.36. The number of amides is 1. The third-order valence-electron chi connectivity index (χ3n) is 1.63. The molecular weight excluding hydrogens is 274 g/mol. The van der Waals surface area contributed by atoms with E-state index >= 15 is 0 Å². The van der Waals surface area contributed by atoms with Gasteiger partial charge in [-0.05, 0) is 0 Å². The Morgan fingerprint density at radius 3 is 2.87 bits per heavy atom. The van der Waals surface area contributed by atoms with Crippen molar-refractivity contribution in [3.63, 3.8) is 0 Å². The summed E-state index contributed by atoms with van der Waals surface area (Å²) in [7, 11) is 0. The van der Waals surface area contributed by atoms with Crippen LogP contribution in [0.25, 0.3) is 0 Å². The fourth-order valence-corrected chi connectivity index (χ4v) is 1.44. The van der Waals surface area contributed by atoms with Crippen LogP contribution in [0, 0.1) is 0 Å². The predicted molar refractivity (Wildman–Crippen MR) is 52.1 cm³/mol. The van der Waals surface area contributed by atoms with Crippen LogP contribution >= 0.6 is 15.9 Å². The highest BCUT2D eigenvalue weighted by atomic mass is 79.9. The van der Waals surface area contributed by atoms with Crippen molar-refractivity contribution in [2.75, 3.05) is 18.4 Å². The largest absolute Gasteiger partial charge is 0.331 e. The lowest BCUT2D eigenvalue weighted by molar-refractivity contribution is 0.0567. The van der Waals surface area contributed by atoms with Crippen molar-refractivity contribution in [3.8, 4) is 0 Å². The molecule has 0 radical (unpaired) electrons. The number of alkyl halides is 3. The number of carbonyl (C=O) groups is 1. The van der Waals surface area contributed by atoms with Crippen molar-refractivity contribution in [1.82, 2.24) is 20.3 Å². The Bertz CT molecular complexity index is 306. The number of halogens is 3. The van der Waals surface area contributed by atoms with Crippen LogP contribution in [0.4, 0.5) is 8.78 Å². The van der Waals surface area contributed by atoms with Gasteiger partial charge in [-0.15, -0.1) is 0 Å². The number of aromatic nitrogens is 3. The van der Waals surface area contributed by atoms with Crippen molar-refractivity contribution in [3.05, 3.63) is 11.9 Å². The van der Waals surface area contributed by atoms with Gasteiger partial charge in [0, 0.05) is 11.9 Å². The molecule has 0 spiro atoms. The van der Waals surface area contributed by atoms with Gasteiger partial charge in [0.2, 0.25) is 0 Å². The first-order valence-electron chi connectivity index (χ1n) is 4.14. The minimum Gasteiger partial charge on any atom is -0.331 e. The summed E-state index contributed by atoms with van der Waals surface area (Å²) in [6, 6.07) is 0. The normalized spacial score (nSPS) is 10.7. The van der Waals surface area contributed by atoms with Crippen molar-refractivity contribution in [2.24, 2.45) is 0 Å². The third kappa shape index (κ3) is 3.54. The van der Waals surface area contributed by atoms with E-state index in [2.05, 4.69) is 31.3 Å². The lowest BCUT2D eigenvalue weighted by Gasteiger charge is -2.19. The van der Waals surface area contributed by atoms with E-state index in [0.29, 0.717) is 5.33 Å². The molecular formula is C7H9BrF2N4O. The number of hydrogen-bond donors (Lipinski definition) is 1. The fraction of sp³-hybridized carbons (Fsp3) is 0.571. The first-order chi connectivity index (χ1) is 7.15. The van der Waals surface area contributed by atoms with Crippen LogP contribution in [0.2, 0.25) is 0 Å². The minimum absolute atomic E-state index is 0.0385. The summed E-state index contributed by atoms with van der Waals surface area (Å²) < 4.78 is 24.3. The van der Waals surface area contributed by atoms with Crippen LogP contribution < -0.4 is 0 Å². The molecule has 1 rings (SSSR count). The zero-order chi connectivity index (χ0) is 11.3. The molecule has 0 saturated carbocycles. The highest BCUT2D eigenvalue weighted by Crippen LogP contribution is 2.04. The summed E-state index contributed by atoms with van der Waals surface area (Å²) in [6.07, 6.45) is -1.35. The SMILES string of the molecule is O=C(c1cn[nH]n1)N(CCBr)CC(F)F. The minimum atomic E-state index is -2.56. The van der Waals surface area contributed by atoms with Crippen LogP contribution in [0.1, 0.15) is 10.5 Å². The van der Waals surface area contributed by atoms with Crippen LogP contribution in [0.3, 0.4) is 0 Å². The van der Waals surface area contributed by atoms with E-state index in [-0.39, 0.29) is 12.2 Å². The second-order valence-corrected chi connectivity index (χ2v) is 3.48. The number of hydrogen-bond acceptors (Lipinski definition) is 3. The van der Waals surface area contributed by atoms with Crippen LogP contribution in [-0.4, -0.2) is 51.1 Å². The van der Waals surface area contributed by atoms with Crippen LogP contribution in [0.15, 0.2) is 6.20 Å². The van der Waals surface area contributed by atoms with Gasteiger partial charge in [0.25, 0.3) is 12.3 Å². The van der Waals surface area contributed by atoms with E-state index in [1.54, 1.807) is 0 Å². The molecule has 0 aliphatic heterocycles. The molecule has 1 amide bonds. The fourth-order valence-electron chi connectivity index (χ4n) is 1.01. The van der Waals surface area contributed by atoms with Crippen molar-refractivity contribution < 1.29 is 13.6 Å². The Balaban J connectivity index is 2.67. The molecule has 1 N–H and O–H groups in total. The predicted octanol–water partition coefficient (Wildman–Crippen LogP) is 0.907. The van der Waals surface area contributed by atoms with Gasteiger partial charge in [0.1, 0.15) is 0 Å². The Morgan fingerprint density at radius 1 is 1.67 bits per heavy atom. The van der Waals surface area contributed by atoms with Crippen molar-refractivity contribution in [1.29, 1.82) is 0 Å². The quantitative estimate of drug-likeness (QED) is 0.817. The molecule has 84 valence electrons. The average Bonchev–Trinajstić information content (AvgIpc) is 2.68. The highest BCUT2D eigenvalue weighted by Gasteiger charge is 2.20. The number of nitrogens with one attached hydrogen (secondary N) is 1. The third-order valence-corrected chi connectivity index (χ3v) is 1.99. The van der Waals surface area contributed by atoms with E-state index in [0.717, 1.165) is 4.90 Å². The van der Waals surface area contributed by atoms with Gasteiger partial charge in [0.05, 0.1) is 12.7 Å². The molecule has 0 bridgehead atoms. The molecule has 0 saturated heterocycles. The molecule has 1 aromatic heterocycles. The molecule has 1 aromatic rings. The molecule has 15 heavy (non-hydrogen) atoms. The first kappa shape index (κ1) is 12.0. The second-order valence-electron chi connectivity index (χ2n) is 2.69. The summed E-state index contributed by atoms with van der Waals surface area (Å²) in [4.78, 5) is 12.6. The first-order valence-corrected chi connectivity index (χ1v) is 5.26. The molecule has 0 aliphatic rings. The molecule has 0 atom stereocenters. The molecule has 5 nitrogen and oxygen atoms in total. The Hall–Kier alpha value is -1.05. The molecule has 0 fully saturated rings. The standard InChI is InChI=1S/C7H9BrF2N4O/c8-1-2-14(4-6(9)10)7(15)5-3-11-13-12-5/h3,6H,1-2,4H2,(H,11,12,13). The zero-order valence-electron chi connectivity index (χ0n) is 7.66. The van der Waals surface area contributed by atoms with Crippen molar-refractivity contribution in [2.45, 2.75) is 6.43 Å². The van der Waals surface area contributed by atoms with E-state index < -0.39 is 18.9 Å². The van der Waals surface area contributed by atoms with E-state index in [9.17, 15) is 13.6 Å².